The maximum absolute atomic E-state index is 12.5. The van der Waals surface area contributed by atoms with Gasteiger partial charge in [-0.2, -0.15) is 0 Å². The van der Waals surface area contributed by atoms with Crippen LogP contribution in [0.5, 0.6) is 0 Å². The Balaban J connectivity index is 1.44. The first-order chi connectivity index (χ1) is 18.1. The fourth-order valence-electron chi connectivity index (χ4n) is 5.74. The van der Waals surface area contributed by atoms with Gasteiger partial charge in [-0.05, 0) is 90.1 Å². The van der Waals surface area contributed by atoms with E-state index < -0.39 is 0 Å². The van der Waals surface area contributed by atoms with E-state index in [1.54, 1.807) is 6.07 Å². The second kappa shape index (κ2) is 12.1. The summed E-state index contributed by atoms with van der Waals surface area (Å²) in [6.07, 6.45) is 12.9. The summed E-state index contributed by atoms with van der Waals surface area (Å²) < 4.78 is 18.9. The molecule has 194 valence electrons. The first-order valence-corrected chi connectivity index (χ1v) is 13.9. The van der Waals surface area contributed by atoms with Gasteiger partial charge < -0.3 is 9.64 Å². The molecule has 3 nitrogen and oxygen atoms in total. The second-order valence-corrected chi connectivity index (χ2v) is 10.9. The SMILES string of the molecule is O=Cc1ccc2c(c1)CCCC(c1ccc(Cl)cc1Cl)=C2C1=CCC(OC2CCN(CCCF)C2)C=C1. The number of halogens is 3. The highest BCUT2D eigenvalue weighted by Crippen LogP contribution is 2.43. The minimum absolute atomic E-state index is 0.0285. The number of ether oxygens (including phenoxy) is 1. The summed E-state index contributed by atoms with van der Waals surface area (Å²) in [5.74, 6) is 0. The minimum atomic E-state index is -0.264. The number of alkyl halides is 1. The van der Waals surface area contributed by atoms with Gasteiger partial charge in [0.1, 0.15) is 6.29 Å². The summed E-state index contributed by atoms with van der Waals surface area (Å²) in [7, 11) is 0. The predicted molar refractivity (Wildman–Crippen MR) is 150 cm³/mol. The molecule has 1 heterocycles. The number of allylic oxidation sites excluding steroid dienone is 4. The summed E-state index contributed by atoms with van der Waals surface area (Å²) in [5.41, 5.74) is 7.56. The molecule has 0 aromatic heterocycles. The minimum Gasteiger partial charge on any atom is -0.369 e. The molecule has 0 bridgehead atoms. The number of nitrogens with zero attached hydrogens (tertiary/aromatic N) is 1. The Bertz CT molecular complexity index is 1250. The zero-order chi connectivity index (χ0) is 25.8. The first-order valence-electron chi connectivity index (χ1n) is 13.1. The summed E-state index contributed by atoms with van der Waals surface area (Å²) in [6, 6.07) is 11.7. The summed E-state index contributed by atoms with van der Waals surface area (Å²) in [4.78, 5) is 13.8. The number of rotatable bonds is 8. The molecule has 0 radical (unpaired) electrons. The Morgan fingerprint density at radius 2 is 1.97 bits per heavy atom. The van der Waals surface area contributed by atoms with Gasteiger partial charge in [-0.25, -0.2) is 0 Å². The van der Waals surface area contributed by atoms with Crippen LogP contribution >= 0.6 is 23.2 Å². The highest BCUT2D eigenvalue weighted by molar-refractivity contribution is 6.36. The van der Waals surface area contributed by atoms with Crippen molar-refractivity contribution in [2.45, 2.75) is 50.7 Å². The second-order valence-electron chi connectivity index (χ2n) is 10.0. The van der Waals surface area contributed by atoms with E-state index in [9.17, 15) is 9.18 Å². The Morgan fingerprint density at radius 1 is 1.11 bits per heavy atom. The average molecular weight is 541 g/mol. The van der Waals surface area contributed by atoms with E-state index in [2.05, 4.69) is 29.2 Å². The third-order valence-electron chi connectivity index (χ3n) is 7.52. The molecule has 0 amide bonds. The van der Waals surface area contributed by atoms with E-state index in [1.807, 2.05) is 24.3 Å². The molecule has 2 atom stereocenters. The largest absolute Gasteiger partial charge is 0.369 e. The Morgan fingerprint density at radius 3 is 2.73 bits per heavy atom. The van der Waals surface area contributed by atoms with Crippen LogP contribution in [0.25, 0.3) is 11.1 Å². The Kier molecular flexibility index (Phi) is 8.61. The molecule has 2 aromatic rings. The van der Waals surface area contributed by atoms with E-state index in [-0.39, 0.29) is 18.9 Å². The van der Waals surface area contributed by atoms with Gasteiger partial charge in [-0.3, -0.25) is 9.18 Å². The van der Waals surface area contributed by atoms with Crippen molar-refractivity contribution >= 4 is 40.6 Å². The third kappa shape index (κ3) is 6.09. The van der Waals surface area contributed by atoms with Crippen LogP contribution in [0.4, 0.5) is 4.39 Å². The van der Waals surface area contributed by atoms with Crippen molar-refractivity contribution in [3.63, 3.8) is 0 Å². The number of carbonyl (C=O) groups is 1. The number of fused-ring (bicyclic) bond motifs is 1. The number of benzene rings is 2. The molecule has 2 aromatic carbocycles. The van der Waals surface area contributed by atoms with Crippen molar-refractivity contribution in [3.8, 4) is 0 Å². The number of aryl methyl sites for hydroxylation is 1. The van der Waals surface area contributed by atoms with Crippen molar-refractivity contribution in [1.82, 2.24) is 4.90 Å². The summed E-state index contributed by atoms with van der Waals surface area (Å²) in [6.45, 7) is 2.38. The van der Waals surface area contributed by atoms with Gasteiger partial charge in [0, 0.05) is 35.2 Å². The maximum Gasteiger partial charge on any atom is 0.150 e. The number of hydrogen-bond donors (Lipinski definition) is 0. The molecule has 3 aliphatic rings. The molecule has 1 saturated heterocycles. The molecule has 37 heavy (non-hydrogen) atoms. The molecule has 6 heteroatoms. The van der Waals surface area contributed by atoms with Crippen molar-refractivity contribution in [2.24, 2.45) is 0 Å². The van der Waals surface area contributed by atoms with Crippen LogP contribution < -0.4 is 0 Å². The molecule has 0 spiro atoms. The Labute approximate surface area is 228 Å². The lowest BCUT2D eigenvalue weighted by molar-refractivity contribution is 0.0202. The fourth-order valence-corrected chi connectivity index (χ4v) is 6.27. The van der Waals surface area contributed by atoms with Gasteiger partial charge in [-0.1, -0.05) is 59.6 Å². The molecular weight excluding hydrogens is 508 g/mol. The quantitative estimate of drug-likeness (QED) is 0.321. The molecular formula is C31H32Cl2FNO2. The zero-order valence-corrected chi connectivity index (χ0v) is 22.4. The third-order valence-corrected chi connectivity index (χ3v) is 8.07. The highest BCUT2D eigenvalue weighted by atomic mass is 35.5. The molecule has 5 rings (SSSR count). The lowest BCUT2D eigenvalue weighted by Gasteiger charge is -2.24. The topological polar surface area (TPSA) is 29.5 Å². The van der Waals surface area contributed by atoms with Gasteiger partial charge in [-0.15, -0.1) is 0 Å². The molecule has 1 aliphatic heterocycles. The fraction of sp³-hybridized carbons (Fsp3) is 0.387. The molecule has 0 N–H and O–H groups in total. The number of aldehydes is 1. The normalized spacial score (nSPS) is 22.1. The van der Waals surface area contributed by atoms with Crippen molar-refractivity contribution in [1.29, 1.82) is 0 Å². The monoisotopic (exact) mass is 539 g/mol. The van der Waals surface area contributed by atoms with E-state index in [1.165, 1.54) is 16.7 Å². The van der Waals surface area contributed by atoms with E-state index in [0.717, 1.165) is 74.7 Å². The maximum atomic E-state index is 12.5. The van der Waals surface area contributed by atoms with Gasteiger partial charge >= 0.3 is 0 Å². The molecule has 2 aliphatic carbocycles. The van der Waals surface area contributed by atoms with Crippen LogP contribution in [0.15, 0.2) is 60.2 Å². The van der Waals surface area contributed by atoms with Crippen LogP contribution in [-0.2, 0) is 11.2 Å². The van der Waals surface area contributed by atoms with Crippen molar-refractivity contribution in [2.75, 3.05) is 26.3 Å². The van der Waals surface area contributed by atoms with E-state index in [0.29, 0.717) is 22.0 Å². The van der Waals surface area contributed by atoms with Crippen LogP contribution in [0.2, 0.25) is 10.0 Å². The Hall–Kier alpha value is -2.24. The standard InChI is InChI=1S/C31H32Cl2FNO2/c32-24-8-12-28(30(33)18-24)29-4-1-3-23-17-21(20-36)5-11-27(23)31(29)22-6-9-25(10-7-22)37-26-13-16-35(19-26)15-2-14-34/h5-9,11-12,17-18,20,25-26H,1-4,10,13-16,19H2. The average Bonchev–Trinajstić information content (AvgIpc) is 3.26. The number of carbonyl (C=O) groups excluding carboxylic acids is 1. The summed E-state index contributed by atoms with van der Waals surface area (Å²) >= 11 is 12.9. The van der Waals surface area contributed by atoms with Gasteiger partial charge in [0.2, 0.25) is 0 Å². The highest BCUT2D eigenvalue weighted by Gasteiger charge is 2.27. The molecule has 1 fully saturated rings. The van der Waals surface area contributed by atoms with Crippen LogP contribution in [-0.4, -0.2) is 49.7 Å². The van der Waals surface area contributed by atoms with Crippen LogP contribution in [0.1, 0.15) is 59.2 Å². The van der Waals surface area contributed by atoms with Crippen molar-refractivity contribution in [3.05, 3.63) is 92.5 Å². The predicted octanol–water partition coefficient (Wildman–Crippen LogP) is 7.76. The van der Waals surface area contributed by atoms with Gasteiger partial charge in [0.25, 0.3) is 0 Å². The van der Waals surface area contributed by atoms with E-state index in [4.69, 9.17) is 27.9 Å². The van der Waals surface area contributed by atoms with Gasteiger partial charge in [0.15, 0.2) is 0 Å². The van der Waals surface area contributed by atoms with Crippen LogP contribution in [0, 0.1) is 0 Å². The van der Waals surface area contributed by atoms with Gasteiger partial charge in [0.05, 0.1) is 18.9 Å². The van der Waals surface area contributed by atoms with E-state index >= 15 is 0 Å². The summed E-state index contributed by atoms with van der Waals surface area (Å²) in [5, 5.41) is 1.26. The lowest BCUT2D eigenvalue weighted by atomic mass is 9.85. The number of likely N-dealkylation sites (tertiary alicyclic amines) is 1. The molecule has 0 saturated carbocycles. The first kappa shape index (κ1) is 26.4. The smallest absolute Gasteiger partial charge is 0.150 e. The van der Waals surface area contributed by atoms with Crippen LogP contribution in [0.3, 0.4) is 0 Å². The zero-order valence-electron chi connectivity index (χ0n) is 20.9. The number of hydrogen-bond acceptors (Lipinski definition) is 3. The van der Waals surface area contributed by atoms with Crippen molar-refractivity contribution < 1.29 is 13.9 Å². The lowest BCUT2D eigenvalue weighted by Crippen LogP contribution is -2.27. The molecule has 2 unspecified atom stereocenters.